The molecule has 4 aromatic rings. The molecule has 5 N–H and O–H groups in total. The van der Waals surface area contributed by atoms with E-state index in [0.29, 0.717) is 17.7 Å². The summed E-state index contributed by atoms with van der Waals surface area (Å²) < 4.78 is 4.79. The lowest BCUT2D eigenvalue weighted by Gasteiger charge is -2.51. The number of anilines is 1. The van der Waals surface area contributed by atoms with Gasteiger partial charge in [0.05, 0.1) is 0 Å². The number of carboxylic acid groups (broad SMARTS) is 1. The lowest BCUT2D eigenvalue weighted by molar-refractivity contribution is -0.160. The number of hydrogen-bond donors (Lipinski definition) is 4. The number of nitrogens with one attached hydrogen (secondary N) is 2. The van der Waals surface area contributed by atoms with E-state index in [9.17, 15) is 24.3 Å². The standard InChI is InChI=1S/C37H34N6O7S2/c38-35(48)49-19-23-20-51-33-29(32(45)43(33)30(23)34(46)47)40-31(44)28(42-50-18-22-16-17-22)27-21-52-36(39-27)41-37(24-10-4-1-5-11-24,25-12-6-2-7-13-25)26-14-8-3-9-15-26/h1-15,20-22,29-30,33H,16-19H2,(H2,38,48)(H,39,41)(H,40,44)(H,46,47)/b42-28-/t29-,30?,33-/m1/s1. The molecule has 1 aliphatic carbocycles. The SMILES string of the molecule is NC(=O)OCC1=CS[C@@H]2[C@H](NC(=O)/C(=N\OCC3CC3)c3csc(NC(c4ccccc4)(c4ccccc4)c4ccccc4)n3)C(=O)N2C1C(=O)O. The van der Waals surface area contributed by atoms with Crippen LogP contribution in [0.5, 0.6) is 0 Å². The van der Waals surface area contributed by atoms with Crippen molar-refractivity contribution in [2.24, 2.45) is 16.8 Å². The van der Waals surface area contributed by atoms with Crippen LogP contribution in [0, 0.1) is 5.92 Å². The molecule has 3 amide bonds. The fourth-order valence-corrected chi connectivity index (χ4v) is 8.23. The first-order chi connectivity index (χ1) is 25.3. The molecule has 15 heteroatoms. The number of ether oxygens (including phenoxy) is 1. The van der Waals surface area contributed by atoms with Crippen LogP contribution in [0.1, 0.15) is 35.2 Å². The Labute approximate surface area is 306 Å². The summed E-state index contributed by atoms with van der Waals surface area (Å²) in [5.74, 6) is -2.26. The molecule has 3 heterocycles. The van der Waals surface area contributed by atoms with E-state index in [1.807, 2.05) is 91.0 Å². The summed E-state index contributed by atoms with van der Waals surface area (Å²) in [4.78, 5) is 62.2. The van der Waals surface area contributed by atoms with Crippen molar-refractivity contribution < 1.29 is 33.9 Å². The molecule has 7 rings (SSSR count). The molecule has 52 heavy (non-hydrogen) atoms. The maximum atomic E-state index is 13.9. The highest BCUT2D eigenvalue weighted by atomic mass is 32.2. The zero-order valence-corrected chi connectivity index (χ0v) is 29.2. The number of benzene rings is 3. The second-order valence-electron chi connectivity index (χ2n) is 12.5. The average Bonchev–Trinajstić information content (AvgIpc) is 3.89. The van der Waals surface area contributed by atoms with Gasteiger partial charge in [-0.25, -0.2) is 14.6 Å². The van der Waals surface area contributed by atoms with Gasteiger partial charge in [-0.3, -0.25) is 9.59 Å². The number of aliphatic carboxylic acids is 1. The first-order valence-electron chi connectivity index (χ1n) is 16.5. The first kappa shape index (κ1) is 34.8. The van der Waals surface area contributed by atoms with Crippen LogP contribution < -0.4 is 16.4 Å². The zero-order valence-electron chi connectivity index (χ0n) is 27.6. The highest BCUT2D eigenvalue weighted by Gasteiger charge is 2.56. The van der Waals surface area contributed by atoms with Gasteiger partial charge < -0.3 is 35.9 Å². The molecule has 1 aromatic heterocycles. The lowest BCUT2D eigenvalue weighted by atomic mass is 9.77. The smallest absolute Gasteiger partial charge is 0.404 e. The first-order valence-corrected chi connectivity index (χ1v) is 18.3. The summed E-state index contributed by atoms with van der Waals surface area (Å²) in [5, 5.41) is 23.6. The van der Waals surface area contributed by atoms with Gasteiger partial charge in [-0.1, -0.05) is 96.2 Å². The third kappa shape index (κ3) is 6.96. The number of amides is 3. The van der Waals surface area contributed by atoms with E-state index in [1.54, 1.807) is 5.38 Å². The number of β-lactam (4-membered cyclic amide) rings is 1. The monoisotopic (exact) mass is 738 g/mol. The zero-order chi connectivity index (χ0) is 36.2. The van der Waals surface area contributed by atoms with E-state index in [1.165, 1.54) is 16.7 Å². The molecule has 266 valence electrons. The number of primary amides is 1. The van der Waals surface area contributed by atoms with E-state index < -0.39 is 46.9 Å². The van der Waals surface area contributed by atoms with Crippen LogP contribution in [0.4, 0.5) is 9.93 Å². The van der Waals surface area contributed by atoms with Crippen LogP contribution in [-0.4, -0.2) is 75.3 Å². The number of nitrogens with zero attached hydrogens (tertiary/aromatic N) is 3. The van der Waals surface area contributed by atoms with Crippen molar-refractivity contribution >= 4 is 57.8 Å². The molecule has 13 nitrogen and oxygen atoms in total. The van der Waals surface area contributed by atoms with Crippen LogP contribution in [0.15, 0.2) is 113 Å². The number of hydrogen-bond acceptors (Lipinski definition) is 11. The Hall–Kier alpha value is -5.67. The number of carbonyl (C=O) groups is 4. The van der Waals surface area contributed by atoms with E-state index in [0.717, 1.165) is 46.2 Å². The van der Waals surface area contributed by atoms with Gasteiger partial charge in [0.15, 0.2) is 16.9 Å². The molecular weight excluding hydrogens is 705 g/mol. The quantitative estimate of drug-likeness (QED) is 0.0621. The minimum absolute atomic E-state index is 0.123. The molecule has 3 aliphatic rings. The average molecular weight is 739 g/mol. The second-order valence-corrected chi connectivity index (χ2v) is 14.3. The summed E-state index contributed by atoms with van der Waals surface area (Å²) in [7, 11) is 0. The fraction of sp³-hybridized carbons (Fsp3) is 0.243. The van der Waals surface area contributed by atoms with Gasteiger partial charge in [-0.05, 0) is 40.9 Å². The van der Waals surface area contributed by atoms with Gasteiger partial charge in [0.25, 0.3) is 5.91 Å². The van der Waals surface area contributed by atoms with E-state index >= 15 is 0 Å². The summed E-state index contributed by atoms with van der Waals surface area (Å²) in [5.41, 5.74) is 7.40. The fourth-order valence-electron chi connectivity index (χ4n) is 6.27. The molecular formula is C37H34N6O7S2. The second kappa shape index (κ2) is 14.9. The van der Waals surface area contributed by atoms with Crippen molar-refractivity contribution in [2.45, 2.75) is 35.8 Å². The molecule has 3 atom stereocenters. The molecule has 2 aliphatic heterocycles. The van der Waals surface area contributed by atoms with Crippen LogP contribution in [0.2, 0.25) is 0 Å². The molecule has 1 saturated heterocycles. The highest BCUT2D eigenvalue weighted by molar-refractivity contribution is 8.03. The van der Waals surface area contributed by atoms with Crippen LogP contribution in [0.3, 0.4) is 0 Å². The maximum absolute atomic E-state index is 13.9. The maximum Gasteiger partial charge on any atom is 0.404 e. The number of thiazole rings is 1. The van der Waals surface area contributed by atoms with Gasteiger partial charge in [-0.2, -0.15) is 0 Å². The molecule has 1 saturated carbocycles. The largest absolute Gasteiger partial charge is 0.479 e. The summed E-state index contributed by atoms with van der Waals surface area (Å²) in [6.07, 6.45) is 0.954. The molecule has 2 fully saturated rings. The molecule has 0 bridgehead atoms. The van der Waals surface area contributed by atoms with Crippen LogP contribution in [-0.2, 0) is 29.5 Å². The van der Waals surface area contributed by atoms with Gasteiger partial charge in [-0.15, -0.1) is 23.1 Å². The topological polar surface area (TPSA) is 186 Å². The minimum Gasteiger partial charge on any atom is -0.479 e. The Kier molecular flexibility index (Phi) is 9.96. The van der Waals surface area contributed by atoms with Crippen molar-refractivity contribution in [3.05, 3.63) is 130 Å². The van der Waals surface area contributed by atoms with Gasteiger partial charge >= 0.3 is 12.1 Å². The predicted octanol–water partition coefficient (Wildman–Crippen LogP) is 4.51. The summed E-state index contributed by atoms with van der Waals surface area (Å²) >= 11 is 2.42. The molecule has 3 aromatic carbocycles. The summed E-state index contributed by atoms with van der Waals surface area (Å²) in [6.45, 7) is -0.0523. The van der Waals surface area contributed by atoms with Crippen LogP contribution >= 0.6 is 23.1 Å². The third-order valence-corrected chi connectivity index (χ3v) is 11.0. The van der Waals surface area contributed by atoms with Gasteiger partial charge in [0, 0.05) is 11.0 Å². The van der Waals surface area contributed by atoms with Crippen molar-refractivity contribution in [1.29, 1.82) is 0 Å². The van der Waals surface area contributed by atoms with Crippen molar-refractivity contribution in [3.8, 4) is 0 Å². The molecule has 1 unspecified atom stereocenters. The van der Waals surface area contributed by atoms with E-state index in [-0.39, 0.29) is 23.6 Å². The van der Waals surface area contributed by atoms with Crippen molar-refractivity contribution in [1.82, 2.24) is 15.2 Å². The van der Waals surface area contributed by atoms with Crippen molar-refractivity contribution in [2.75, 3.05) is 18.5 Å². The molecule has 0 spiro atoms. The predicted molar refractivity (Wildman–Crippen MR) is 195 cm³/mol. The number of carboxylic acids is 1. The number of carbonyl (C=O) groups excluding carboxylic acids is 3. The lowest BCUT2D eigenvalue weighted by Crippen LogP contribution is -2.74. The number of thioether (sulfide) groups is 1. The normalized spacial score (nSPS) is 19.8. The van der Waals surface area contributed by atoms with E-state index in [4.69, 9.17) is 20.3 Å². The Morgan fingerprint density at radius 1 is 0.962 bits per heavy atom. The Balaban J connectivity index is 1.18. The summed E-state index contributed by atoms with van der Waals surface area (Å²) in [6, 6.07) is 27.6. The highest BCUT2D eigenvalue weighted by Crippen LogP contribution is 2.42. The Morgan fingerprint density at radius 2 is 1.56 bits per heavy atom. The Morgan fingerprint density at radius 3 is 2.10 bits per heavy atom. The third-order valence-electron chi connectivity index (χ3n) is 9.01. The van der Waals surface area contributed by atoms with Gasteiger partial charge in [0.2, 0.25) is 5.91 Å². The van der Waals surface area contributed by atoms with Gasteiger partial charge in [0.1, 0.15) is 35.9 Å². The number of oxime groups is 1. The van der Waals surface area contributed by atoms with E-state index in [2.05, 4.69) is 15.8 Å². The number of fused-ring (bicyclic) bond motifs is 1. The van der Waals surface area contributed by atoms with Crippen molar-refractivity contribution in [3.63, 3.8) is 0 Å². The molecule has 0 radical (unpaired) electrons. The minimum atomic E-state index is -1.38. The number of nitrogens with two attached hydrogens (primary N) is 1. The number of aromatic nitrogens is 1. The Bertz CT molecular complexity index is 1920. The number of rotatable bonds is 14. The van der Waals surface area contributed by atoms with Crippen LogP contribution in [0.25, 0.3) is 0 Å².